The number of benzene rings is 1. The number of thioether (sulfide) groups is 1. The largest absolute Gasteiger partial charge is 0.419 e. The zero-order valence-electron chi connectivity index (χ0n) is 13.9. The maximum Gasteiger partial charge on any atom is 0.419 e. The molecule has 0 radical (unpaired) electrons. The van der Waals surface area contributed by atoms with Crippen molar-refractivity contribution in [2.45, 2.75) is 33.0 Å². The number of carbonyl (C=O) groups is 2. The second kappa shape index (κ2) is 6.86. The highest BCUT2D eigenvalue weighted by Gasteiger charge is 2.39. The summed E-state index contributed by atoms with van der Waals surface area (Å²) in [6.45, 7) is 5.18. The number of rotatable bonds is 2. The zero-order chi connectivity index (χ0) is 19.0. The summed E-state index contributed by atoms with van der Waals surface area (Å²) < 4.78 is 51.6. The maximum atomic E-state index is 13.3. The molecule has 0 bridgehead atoms. The van der Waals surface area contributed by atoms with Gasteiger partial charge in [-0.25, -0.2) is 4.39 Å². The molecule has 1 fully saturated rings. The molecule has 1 saturated heterocycles. The van der Waals surface area contributed by atoms with Gasteiger partial charge in [-0.3, -0.25) is 9.59 Å². The highest BCUT2D eigenvalue weighted by atomic mass is 32.2. The molecule has 4 nitrogen and oxygen atoms in total. The van der Waals surface area contributed by atoms with Gasteiger partial charge in [0.05, 0.1) is 11.4 Å². The Labute approximate surface area is 146 Å². The molecule has 1 unspecified atom stereocenters. The molecule has 1 N–H and O–H groups in total. The van der Waals surface area contributed by atoms with Gasteiger partial charge in [0.2, 0.25) is 11.8 Å². The molecule has 9 heteroatoms. The summed E-state index contributed by atoms with van der Waals surface area (Å²) >= 11 is 1.39. The van der Waals surface area contributed by atoms with Gasteiger partial charge in [-0.05, 0) is 18.2 Å². The summed E-state index contributed by atoms with van der Waals surface area (Å²) in [5, 5.41) is 2.35. The minimum atomic E-state index is -4.86. The minimum absolute atomic E-state index is 0.168. The molecule has 0 aromatic heterocycles. The van der Waals surface area contributed by atoms with Crippen LogP contribution < -0.4 is 5.32 Å². The van der Waals surface area contributed by atoms with Gasteiger partial charge in [-0.2, -0.15) is 13.2 Å². The zero-order valence-corrected chi connectivity index (χ0v) is 14.7. The number of halogens is 4. The van der Waals surface area contributed by atoms with E-state index in [0.29, 0.717) is 23.8 Å². The van der Waals surface area contributed by atoms with E-state index >= 15 is 0 Å². The van der Waals surface area contributed by atoms with Gasteiger partial charge < -0.3 is 10.2 Å². The van der Waals surface area contributed by atoms with Gasteiger partial charge in [0.1, 0.15) is 11.9 Å². The number of nitrogens with one attached hydrogen (secondary N) is 1. The van der Waals surface area contributed by atoms with Crippen molar-refractivity contribution in [3.05, 3.63) is 29.6 Å². The molecule has 0 aliphatic carbocycles. The van der Waals surface area contributed by atoms with Crippen LogP contribution in [-0.4, -0.2) is 34.4 Å². The third kappa shape index (κ3) is 4.45. The first kappa shape index (κ1) is 19.6. The van der Waals surface area contributed by atoms with Gasteiger partial charge >= 0.3 is 6.18 Å². The SMILES string of the molecule is CC(C)(C)C(=O)N1CSCC1C(=O)Nc1ccc(F)c(C(F)(F)F)c1. The van der Waals surface area contributed by atoms with Gasteiger partial charge in [-0.15, -0.1) is 11.8 Å². The van der Waals surface area contributed by atoms with Crippen LogP contribution in [0.25, 0.3) is 0 Å². The Balaban J connectivity index is 2.18. The van der Waals surface area contributed by atoms with E-state index in [2.05, 4.69) is 5.32 Å². The number of hydrogen-bond donors (Lipinski definition) is 1. The highest BCUT2D eigenvalue weighted by Crippen LogP contribution is 2.33. The van der Waals surface area contributed by atoms with Crippen LogP contribution in [0.15, 0.2) is 18.2 Å². The van der Waals surface area contributed by atoms with Crippen molar-refractivity contribution in [1.82, 2.24) is 4.90 Å². The molecule has 1 atom stereocenters. The van der Waals surface area contributed by atoms with Crippen LogP contribution in [0.5, 0.6) is 0 Å². The number of alkyl halides is 3. The summed E-state index contributed by atoms with van der Waals surface area (Å²) in [7, 11) is 0. The number of amides is 2. The van der Waals surface area contributed by atoms with Crippen LogP contribution in [0.2, 0.25) is 0 Å². The lowest BCUT2D eigenvalue weighted by molar-refractivity contribution is -0.143. The average molecular weight is 378 g/mol. The van der Waals surface area contributed by atoms with E-state index in [4.69, 9.17) is 0 Å². The fourth-order valence-corrected chi connectivity index (χ4v) is 3.49. The fraction of sp³-hybridized carbons (Fsp3) is 0.500. The minimum Gasteiger partial charge on any atom is -0.324 e. The summed E-state index contributed by atoms with van der Waals surface area (Å²) in [4.78, 5) is 26.2. The lowest BCUT2D eigenvalue weighted by Crippen LogP contribution is -2.48. The molecule has 1 aromatic rings. The third-order valence-corrected chi connectivity index (χ3v) is 4.64. The third-order valence-electron chi connectivity index (χ3n) is 3.63. The number of nitrogens with zero attached hydrogens (tertiary/aromatic N) is 1. The topological polar surface area (TPSA) is 49.4 Å². The van der Waals surface area contributed by atoms with E-state index in [9.17, 15) is 27.2 Å². The number of carbonyl (C=O) groups excluding carboxylic acids is 2. The van der Waals surface area contributed by atoms with Crippen LogP contribution in [0.1, 0.15) is 26.3 Å². The molecule has 0 saturated carbocycles. The summed E-state index contributed by atoms with van der Waals surface area (Å²) in [6.07, 6.45) is -4.86. The molecular formula is C16H18F4N2O2S. The van der Waals surface area contributed by atoms with Gasteiger partial charge in [0.15, 0.2) is 0 Å². The maximum absolute atomic E-state index is 13.3. The summed E-state index contributed by atoms with van der Waals surface area (Å²) in [5.74, 6) is -1.53. The highest BCUT2D eigenvalue weighted by molar-refractivity contribution is 7.99. The smallest absolute Gasteiger partial charge is 0.324 e. The van der Waals surface area contributed by atoms with Crippen molar-refractivity contribution in [3.63, 3.8) is 0 Å². The first-order chi connectivity index (χ1) is 11.4. The summed E-state index contributed by atoms with van der Waals surface area (Å²) in [5.41, 5.74) is -2.30. The van der Waals surface area contributed by atoms with E-state index in [-0.39, 0.29) is 11.6 Å². The van der Waals surface area contributed by atoms with E-state index in [1.54, 1.807) is 20.8 Å². The Kier molecular flexibility index (Phi) is 5.36. The molecular weight excluding hydrogens is 360 g/mol. The van der Waals surface area contributed by atoms with Crippen molar-refractivity contribution in [2.24, 2.45) is 5.41 Å². The summed E-state index contributed by atoms with van der Waals surface area (Å²) in [6, 6.07) is 1.47. The van der Waals surface area contributed by atoms with Gasteiger partial charge in [0.25, 0.3) is 0 Å². The van der Waals surface area contributed by atoms with Crippen LogP contribution in [0.4, 0.5) is 23.2 Å². The Morgan fingerprint density at radius 1 is 1.24 bits per heavy atom. The first-order valence-corrected chi connectivity index (χ1v) is 8.63. The molecule has 2 amide bonds. The molecule has 2 rings (SSSR count). The van der Waals surface area contributed by atoms with Crippen molar-refractivity contribution in [2.75, 3.05) is 16.9 Å². The average Bonchev–Trinajstić information content (AvgIpc) is 2.95. The molecule has 138 valence electrons. The molecule has 0 spiro atoms. The van der Waals surface area contributed by atoms with Crippen LogP contribution in [0, 0.1) is 11.2 Å². The fourth-order valence-electron chi connectivity index (χ4n) is 2.34. The predicted octanol–water partition coefficient (Wildman–Crippen LogP) is 3.73. The van der Waals surface area contributed by atoms with Gasteiger partial charge in [-0.1, -0.05) is 20.8 Å². The van der Waals surface area contributed by atoms with E-state index in [1.165, 1.54) is 16.7 Å². The Bertz CT molecular complexity index is 686. The molecule has 1 aliphatic rings. The predicted molar refractivity (Wildman–Crippen MR) is 87.4 cm³/mol. The first-order valence-electron chi connectivity index (χ1n) is 7.47. The molecule has 1 aromatic carbocycles. The monoisotopic (exact) mass is 378 g/mol. The second-order valence-electron chi connectivity index (χ2n) is 6.72. The van der Waals surface area contributed by atoms with Crippen molar-refractivity contribution in [1.29, 1.82) is 0 Å². The van der Waals surface area contributed by atoms with E-state index in [1.807, 2.05) is 0 Å². The van der Waals surface area contributed by atoms with Crippen molar-refractivity contribution in [3.8, 4) is 0 Å². The van der Waals surface area contributed by atoms with Crippen LogP contribution >= 0.6 is 11.8 Å². The molecule has 1 heterocycles. The molecule has 25 heavy (non-hydrogen) atoms. The van der Waals surface area contributed by atoms with Gasteiger partial charge in [0, 0.05) is 16.9 Å². The van der Waals surface area contributed by atoms with Crippen LogP contribution in [-0.2, 0) is 15.8 Å². The molecule has 1 aliphatic heterocycles. The number of hydrogen-bond acceptors (Lipinski definition) is 3. The lowest BCUT2D eigenvalue weighted by Gasteiger charge is -2.29. The van der Waals surface area contributed by atoms with Crippen molar-refractivity contribution < 1.29 is 27.2 Å². The Morgan fingerprint density at radius 3 is 2.44 bits per heavy atom. The lowest BCUT2D eigenvalue weighted by atomic mass is 9.94. The van der Waals surface area contributed by atoms with Crippen molar-refractivity contribution >= 4 is 29.3 Å². The Morgan fingerprint density at radius 2 is 1.88 bits per heavy atom. The standard InChI is InChI=1S/C16H18F4N2O2S/c1-15(2,3)14(24)22-8-25-7-12(22)13(23)21-9-4-5-11(17)10(6-9)16(18,19)20/h4-6,12H,7-8H2,1-3H3,(H,21,23). The normalized spacial score (nSPS) is 18.4. The quantitative estimate of drug-likeness (QED) is 0.798. The second-order valence-corrected chi connectivity index (χ2v) is 7.72. The van der Waals surface area contributed by atoms with Crippen LogP contribution in [0.3, 0.4) is 0 Å². The van der Waals surface area contributed by atoms with E-state index < -0.39 is 34.9 Å². The number of anilines is 1. The Hall–Kier alpha value is -1.77. The van der Waals surface area contributed by atoms with E-state index in [0.717, 1.165) is 6.07 Å².